The smallest absolute Gasteiger partial charge is 0.0641 e. The van der Waals surface area contributed by atoms with Gasteiger partial charge in [0.1, 0.15) is 0 Å². The fraction of sp³-hybridized carbons (Fsp3) is 0. The average molecular weight is 667 g/mol. The van der Waals surface area contributed by atoms with Crippen LogP contribution in [0.1, 0.15) is 0 Å². The van der Waals surface area contributed by atoms with Crippen LogP contribution in [0.5, 0.6) is 0 Å². The lowest BCUT2D eigenvalue weighted by molar-refractivity contribution is 1.18. The van der Waals surface area contributed by atoms with Gasteiger partial charge in [-0.25, -0.2) is 0 Å². The van der Waals surface area contributed by atoms with Crippen molar-refractivity contribution in [1.29, 1.82) is 0 Å². The highest BCUT2D eigenvalue weighted by Gasteiger charge is 2.22. The molecule has 0 spiro atoms. The van der Waals surface area contributed by atoms with Crippen LogP contribution in [0, 0.1) is 0 Å². The fourth-order valence-electron chi connectivity index (χ4n) is 8.28. The van der Waals surface area contributed by atoms with Crippen molar-refractivity contribution in [3.8, 4) is 33.6 Å². The van der Waals surface area contributed by atoms with E-state index in [-0.39, 0.29) is 0 Å². The van der Waals surface area contributed by atoms with E-state index in [0.717, 1.165) is 5.69 Å². The summed E-state index contributed by atoms with van der Waals surface area (Å²) in [5.74, 6) is 0. The van der Waals surface area contributed by atoms with E-state index in [9.17, 15) is 0 Å². The number of aromatic nitrogens is 2. The molecular formula is C48H30N2S. The van der Waals surface area contributed by atoms with Gasteiger partial charge in [-0.1, -0.05) is 133 Å². The molecule has 0 saturated carbocycles. The van der Waals surface area contributed by atoms with Gasteiger partial charge in [0.05, 0.1) is 32.5 Å². The van der Waals surface area contributed by atoms with Crippen molar-refractivity contribution < 1.29 is 0 Å². The molecule has 0 bridgehead atoms. The highest BCUT2D eigenvalue weighted by atomic mass is 32.1. The van der Waals surface area contributed by atoms with Gasteiger partial charge in [0.2, 0.25) is 0 Å². The largest absolute Gasteiger partial charge is 0.309 e. The summed E-state index contributed by atoms with van der Waals surface area (Å²) in [5.41, 5.74) is 12.0. The van der Waals surface area contributed by atoms with Gasteiger partial charge in [-0.15, -0.1) is 11.3 Å². The summed E-state index contributed by atoms with van der Waals surface area (Å²) >= 11 is 1.89. The van der Waals surface area contributed by atoms with Gasteiger partial charge in [0.25, 0.3) is 0 Å². The predicted octanol–water partition coefficient (Wildman–Crippen LogP) is 13.6. The number of benzene rings is 8. The summed E-state index contributed by atoms with van der Waals surface area (Å²) < 4.78 is 7.64. The Labute approximate surface area is 298 Å². The lowest BCUT2D eigenvalue weighted by Gasteiger charge is -2.14. The molecule has 11 rings (SSSR count). The van der Waals surface area contributed by atoms with Gasteiger partial charge in [0.15, 0.2) is 0 Å². The quantitative estimate of drug-likeness (QED) is 0.177. The van der Waals surface area contributed by atoms with Crippen LogP contribution >= 0.6 is 11.3 Å². The van der Waals surface area contributed by atoms with Gasteiger partial charge < -0.3 is 9.13 Å². The number of nitrogens with zero attached hydrogens (tertiary/aromatic N) is 2. The maximum atomic E-state index is 2.54. The zero-order valence-corrected chi connectivity index (χ0v) is 28.4. The molecule has 0 saturated heterocycles. The Bertz CT molecular complexity index is 3070. The van der Waals surface area contributed by atoms with E-state index in [4.69, 9.17) is 0 Å². The Kier molecular flexibility index (Phi) is 6.16. The summed E-state index contributed by atoms with van der Waals surface area (Å²) in [6.07, 6.45) is 0. The predicted molar refractivity (Wildman–Crippen MR) is 219 cm³/mol. The molecule has 0 N–H and O–H groups in total. The summed E-state index contributed by atoms with van der Waals surface area (Å²) in [6.45, 7) is 0. The van der Waals surface area contributed by atoms with E-state index in [0.29, 0.717) is 0 Å². The number of hydrogen-bond acceptors (Lipinski definition) is 1. The molecule has 0 aliphatic carbocycles. The van der Waals surface area contributed by atoms with Gasteiger partial charge in [-0.05, 0) is 70.8 Å². The summed E-state index contributed by atoms with van der Waals surface area (Å²) in [5, 5.41) is 7.67. The lowest BCUT2D eigenvalue weighted by Crippen LogP contribution is -1.97. The van der Waals surface area contributed by atoms with Crippen LogP contribution in [0.3, 0.4) is 0 Å². The Morgan fingerprint density at radius 1 is 0.353 bits per heavy atom. The third-order valence-corrected chi connectivity index (χ3v) is 11.7. The number of hydrogen-bond donors (Lipinski definition) is 0. The van der Waals surface area contributed by atoms with Crippen molar-refractivity contribution >= 4 is 75.1 Å². The summed E-state index contributed by atoms with van der Waals surface area (Å²) in [6, 6.07) is 66.6. The number of para-hydroxylation sites is 2. The minimum absolute atomic E-state index is 1.15. The highest BCUT2D eigenvalue weighted by molar-refractivity contribution is 7.26. The number of rotatable bonds is 4. The maximum absolute atomic E-state index is 2.54. The first-order valence-electron chi connectivity index (χ1n) is 17.4. The van der Waals surface area contributed by atoms with Gasteiger partial charge >= 0.3 is 0 Å². The standard InChI is InChI=1S/C48H30N2S/c1-3-14-31(15-4-1)33-28-34(32-16-5-2-6-17-32)30-35(29-33)49-42-23-11-8-20-40(42)46-43(49)27-26-38-36-18-7-10-22-41(36)50(47(38)46)44-24-13-21-39-37-19-9-12-25-45(37)51-48(39)44/h1-30H. The molecule has 0 atom stereocenters. The van der Waals surface area contributed by atoms with Crippen molar-refractivity contribution in [2.45, 2.75) is 0 Å². The maximum Gasteiger partial charge on any atom is 0.0641 e. The second-order valence-electron chi connectivity index (χ2n) is 13.3. The molecule has 0 amide bonds. The fourth-order valence-corrected chi connectivity index (χ4v) is 9.49. The van der Waals surface area contributed by atoms with Crippen molar-refractivity contribution in [2.75, 3.05) is 0 Å². The molecule has 0 fully saturated rings. The number of fused-ring (bicyclic) bond motifs is 10. The van der Waals surface area contributed by atoms with Crippen LogP contribution in [0.4, 0.5) is 0 Å². The Hall–Kier alpha value is -6.42. The van der Waals surface area contributed by atoms with Crippen molar-refractivity contribution in [1.82, 2.24) is 9.13 Å². The van der Waals surface area contributed by atoms with Crippen LogP contribution in [-0.4, -0.2) is 9.13 Å². The Morgan fingerprint density at radius 3 is 1.67 bits per heavy atom. The first kappa shape index (κ1) is 28.4. The normalized spacial score (nSPS) is 11.9. The molecule has 0 aliphatic heterocycles. The molecule has 0 aliphatic rings. The minimum Gasteiger partial charge on any atom is -0.309 e. The second kappa shape index (κ2) is 11.0. The highest BCUT2D eigenvalue weighted by Crippen LogP contribution is 2.45. The second-order valence-corrected chi connectivity index (χ2v) is 14.4. The van der Waals surface area contributed by atoms with Crippen molar-refractivity contribution in [3.05, 3.63) is 182 Å². The van der Waals surface area contributed by atoms with Crippen molar-refractivity contribution in [2.24, 2.45) is 0 Å². The van der Waals surface area contributed by atoms with Crippen LogP contribution in [-0.2, 0) is 0 Å². The third kappa shape index (κ3) is 4.22. The molecule has 8 aromatic carbocycles. The zero-order chi connectivity index (χ0) is 33.5. The van der Waals surface area contributed by atoms with Gasteiger partial charge in [0, 0.05) is 42.7 Å². The first-order valence-corrected chi connectivity index (χ1v) is 18.3. The molecule has 11 aromatic rings. The van der Waals surface area contributed by atoms with Crippen LogP contribution in [0.15, 0.2) is 182 Å². The molecule has 2 nitrogen and oxygen atoms in total. The van der Waals surface area contributed by atoms with Gasteiger partial charge in [-0.3, -0.25) is 0 Å². The third-order valence-electron chi connectivity index (χ3n) is 10.5. The SMILES string of the molecule is c1ccc(-c2cc(-c3ccccc3)cc(-n3c4ccccc4c4c3ccc3c5ccccc5n(-c5cccc6c5sc5ccccc56)c34)c2)cc1. The zero-order valence-electron chi connectivity index (χ0n) is 27.6. The van der Waals surface area contributed by atoms with E-state index < -0.39 is 0 Å². The monoisotopic (exact) mass is 666 g/mol. The minimum atomic E-state index is 1.15. The average Bonchev–Trinajstić information content (AvgIpc) is 3.86. The Morgan fingerprint density at radius 2 is 0.941 bits per heavy atom. The molecule has 3 heterocycles. The lowest BCUT2D eigenvalue weighted by atomic mass is 9.98. The summed E-state index contributed by atoms with van der Waals surface area (Å²) in [7, 11) is 0. The molecular weight excluding hydrogens is 637 g/mol. The van der Waals surface area contributed by atoms with Crippen LogP contribution in [0.25, 0.3) is 97.4 Å². The first-order chi connectivity index (χ1) is 25.3. The molecule has 51 heavy (non-hydrogen) atoms. The molecule has 3 heteroatoms. The van der Waals surface area contributed by atoms with E-state index in [1.54, 1.807) is 0 Å². The van der Waals surface area contributed by atoms with E-state index >= 15 is 0 Å². The topological polar surface area (TPSA) is 9.86 Å². The molecule has 3 aromatic heterocycles. The summed E-state index contributed by atoms with van der Waals surface area (Å²) in [4.78, 5) is 0. The Balaban J connectivity index is 1.28. The molecule has 238 valence electrons. The van der Waals surface area contributed by atoms with Crippen LogP contribution < -0.4 is 0 Å². The van der Waals surface area contributed by atoms with E-state index in [1.165, 1.54) is 91.7 Å². The van der Waals surface area contributed by atoms with Gasteiger partial charge in [-0.2, -0.15) is 0 Å². The van der Waals surface area contributed by atoms with E-state index in [1.807, 2.05) is 11.3 Å². The molecule has 0 unspecified atom stereocenters. The number of thiophene rings is 1. The van der Waals surface area contributed by atoms with Crippen LogP contribution in [0.2, 0.25) is 0 Å². The van der Waals surface area contributed by atoms with Crippen molar-refractivity contribution in [3.63, 3.8) is 0 Å². The molecule has 0 radical (unpaired) electrons. The van der Waals surface area contributed by atoms with E-state index in [2.05, 4.69) is 191 Å².